The highest BCUT2D eigenvalue weighted by Crippen LogP contribution is 2.39. The summed E-state index contributed by atoms with van der Waals surface area (Å²) in [4.78, 5) is 13.9. The molecule has 0 saturated carbocycles. The molecule has 1 aliphatic heterocycles. The third-order valence-corrected chi connectivity index (χ3v) is 3.15. The van der Waals surface area contributed by atoms with Crippen LogP contribution in [0.5, 0.6) is 0 Å². The minimum atomic E-state index is -0.747. The molecule has 4 heteroatoms. The maximum absolute atomic E-state index is 14.0. The van der Waals surface area contributed by atoms with E-state index in [9.17, 15) is 9.18 Å². The van der Waals surface area contributed by atoms with Gasteiger partial charge in [0.2, 0.25) is 5.91 Å². The van der Waals surface area contributed by atoms with Crippen molar-refractivity contribution >= 4 is 17.3 Å². The minimum Gasteiger partial charge on any atom is -0.351 e. The van der Waals surface area contributed by atoms with E-state index in [-0.39, 0.29) is 17.8 Å². The molecule has 0 unspecified atom stereocenters. The van der Waals surface area contributed by atoms with Gasteiger partial charge in [0.15, 0.2) is 0 Å². The van der Waals surface area contributed by atoms with E-state index in [1.54, 1.807) is 26.0 Å². The summed E-state index contributed by atoms with van der Waals surface area (Å²) in [5.41, 5.74) is 0.277. The number of benzene rings is 1. The summed E-state index contributed by atoms with van der Waals surface area (Å²) < 4.78 is 14.0. The Hall–Kier alpha value is -1.58. The van der Waals surface area contributed by atoms with Gasteiger partial charge in [0, 0.05) is 6.04 Å². The van der Waals surface area contributed by atoms with Gasteiger partial charge in [-0.15, -0.1) is 0 Å². The van der Waals surface area contributed by atoms with Crippen molar-refractivity contribution in [2.24, 2.45) is 0 Å². The first-order valence-electron chi connectivity index (χ1n) is 5.75. The number of fused-ring (bicyclic) bond motifs is 1. The summed E-state index contributed by atoms with van der Waals surface area (Å²) in [7, 11) is 0. The van der Waals surface area contributed by atoms with Gasteiger partial charge in [-0.3, -0.25) is 4.79 Å². The van der Waals surface area contributed by atoms with Gasteiger partial charge in [0.25, 0.3) is 0 Å². The molecule has 2 rings (SSSR count). The summed E-state index contributed by atoms with van der Waals surface area (Å²) in [6.07, 6.45) is 0. The fourth-order valence-corrected chi connectivity index (χ4v) is 2.43. The normalized spacial score (nSPS) is 18.0. The predicted molar refractivity (Wildman–Crippen MR) is 66.7 cm³/mol. The Labute approximate surface area is 101 Å². The van der Waals surface area contributed by atoms with E-state index in [0.717, 1.165) is 0 Å². The van der Waals surface area contributed by atoms with Crippen molar-refractivity contribution in [2.45, 2.75) is 39.3 Å². The molecule has 92 valence electrons. The van der Waals surface area contributed by atoms with Crippen molar-refractivity contribution in [1.82, 2.24) is 0 Å². The highest BCUT2D eigenvalue weighted by Gasteiger charge is 2.42. The Balaban J connectivity index is 2.66. The Morgan fingerprint density at radius 2 is 2.00 bits per heavy atom. The van der Waals surface area contributed by atoms with Crippen molar-refractivity contribution in [3.63, 3.8) is 0 Å². The molecule has 0 bridgehead atoms. The zero-order valence-corrected chi connectivity index (χ0v) is 10.5. The molecule has 0 atom stereocenters. The number of halogens is 1. The fraction of sp³-hybridized carbons (Fsp3) is 0.462. The second-order valence-corrected chi connectivity index (χ2v) is 5.11. The van der Waals surface area contributed by atoms with E-state index < -0.39 is 5.54 Å². The highest BCUT2D eigenvalue weighted by molar-refractivity contribution is 6.06. The lowest BCUT2D eigenvalue weighted by atomic mass is 9.94. The standard InChI is InChI=1S/C13H17FN2O/c1-8(2)16-11-9(14)6-5-7-10(11)15-12(17)13(16,3)4/h5-8H,1-4H3,(H,15,17). The van der Waals surface area contributed by atoms with Gasteiger partial charge in [-0.05, 0) is 39.8 Å². The number of para-hydroxylation sites is 1. The number of rotatable bonds is 1. The molecule has 0 saturated heterocycles. The molecular formula is C13H17FN2O. The lowest BCUT2D eigenvalue weighted by molar-refractivity contribution is -0.120. The summed E-state index contributed by atoms with van der Waals surface area (Å²) in [6, 6.07) is 4.79. The van der Waals surface area contributed by atoms with Crippen LogP contribution in [0.15, 0.2) is 18.2 Å². The molecule has 0 radical (unpaired) electrons. The highest BCUT2D eigenvalue weighted by atomic mass is 19.1. The predicted octanol–water partition coefficient (Wildman–Crippen LogP) is 2.77. The zero-order chi connectivity index (χ0) is 12.8. The summed E-state index contributed by atoms with van der Waals surface area (Å²) in [5.74, 6) is -0.409. The van der Waals surface area contributed by atoms with Gasteiger partial charge < -0.3 is 10.2 Å². The van der Waals surface area contributed by atoms with Crippen LogP contribution in [-0.4, -0.2) is 17.5 Å². The average Bonchev–Trinajstić information content (AvgIpc) is 2.20. The number of anilines is 2. The van der Waals surface area contributed by atoms with Crippen LogP contribution in [0.3, 0.4) is 0 Å². The van der Waals surface area contributed by atoms with Crippen LogP contribution in [0.1, 0.15) is 27.7 Å². The number of amides is 1. The molecule has 1 aromatic carbocycles. The zero-order valence-electron chi connectivity index (χ0n) is 10.5. The molecule has 1 aliphatic rings. The molecule has 0 aliphatic carbocycles. The van der Waals surface area contributed by atoms with E-state index in [4.69, 9.17) is 0 Å². The van der Waals surface area contributed by atoms with Crippen LogP contribution < -0.4 is 10.2 Å². The van der Waals surface area contributed by atoms with Gasteiger partial charge in [-0.25, -0.2) is 4.39 Å². The van der Waals surface area contributed by atoms with Crippen LogP contribution >= 0.6 is 0 Å². The van der Waals surface area contributed by atoms with Crippen LogP contribution in [-0.2, 0) is 4.79 Å². The summed E-state index contributed by atoms with van der Waals surface area (Å²) >= 11 is 0. The molecule has 0 fully saturated rings. The fourth-order valence-electron chi connectivity index (χ4n) is 2.43. The molecule has 0 aromatic heterocycles. The summed E-state index contributed by atoms with van der Waals surface area (Å²) in [5, 5.41) is 2.76. The SMILES string of the molecule is CC(C)N1c2c(F)cccc2NC(=O)C1(C)C. The van der Waals surface area contributed by atoms with E-state index in [1.165, 1.54) is 6.07 Å². The molecule has 1 heterocycles. The third-order valence-electron chi connectivity index (χ3n) is 3.15. The third kappa shape index (κ3) is 1.68. The van der Waals surface area contributed by atoms with Crippen molar-refractivity contribution in [1.29, 1.82) is 0 Å². The number of carbonyl (C=O) groups excluding carboxylic acids is 1. The van der Waals surface area contributed by atoms with Gasteiger partial charge in [-0.2, -0.15) is 0 Å². The molecule has 17 heavy (non-hydrogen) atoms. The van der Waals surface area contributed by atoms with Crippen LogP contribution in [0.25, 0.3) is 0 Å². The number of carbonyl (C=O) groups is 1. The first kappa shape index (κ1) is 11.9. The first-order chi connectivity index (χ1) is 7.85. The first-order valence-corrected chi connectivity index (χ1v) is 5.75. The van der Waals surface area contributed by atoms with E-state index in [1.807, 2.05) is 18.7 Å². The van der Waals surface area contributed by atoms with Gasteiger partial charge in [-0.1, -0.05) is 6.07 Å². The van der Waals surface area contributed by atoms with Gasteiger partial charge in [0.1, 0.15) is 11.4 Å². The molecule has 1 aromatic rings. The Morgan fingerprint density at radius 1 is 1.35 bits per heavy atom. The van der Waals surface area contributed by atoms with E-state index in [2.05, 4.69) is 5.32 Å². The van der Waals surface area contributed by atoms with Gasteiger partial charge >= 0.3 is 0 Å². The molecular weight excluding hydrogens is 219 g/mol. The van der Waals surface area contributed by atoms with Crippen molar-refractivity contribution in [3.8, 4) is 0 Å². The van der Waals surface area contributed by atoms with Crippen LogP contribution in [0, 0.1) is 5.82 Å². The molecule has 3 nitrogen and oxygen atoms in total. The number of hydrogen-bond acceptors (Lipinski definition) is 2. The maximum atomic E-state index is 14.0. The topological polar surface area (TPSA) is 32.3 Å². The van der Waals surface area contributed by atoms with E-state index >= 15 is 0 Å². The van der Waals surface area contributed by atoms with Gasteiger partial charge in [0.05, 0.1) is 11.4 Å². The molecule has 1 N–H and O–H groups in total. The number of nitrogens with zero attached hydrogens (tertiary/aromatic N) is 1. The smallest absolute Gasteiger partial charge is 0.249 e. The average molecular weight is 236 g/mol. The number of hydrogen-bond donors (Lipinski definition) is 1. The Morgan fingerprint density at radius 3 is 2.59 bits per heavy atom. The number of nitrogens with one attached hydrogen (secondary N) is 1. The monoisotopic (exact) mass is 236 g/mol. The second kappa shape index (κ2) is 3.72. The van der Waals surface area contributed by atoms with E-state index in [0.29, 0.717) is 11.4 Å². The lowest BCUT2D eigenvalue weighted by Gasteiger charge is -2.46. The maximum Gasteiger partial charge on any atom is 0.249 e. The second-order valence-electron chi connectivity index (χ2n) is 5.11. The van der Waals surface area contributed by atoms with Crippen LogP contribution in [0.4, 0.5) is 15.8 Å². The summed E-state index contributed by atoms with van der Waals surface area (Å²) in [6.45, 7) is 7.52. The quantitative estimate of drug-likeness (QED) is 0.813. The molecule has 0 spiro atoms. The largest absolute Gasteiger partial charge is 0.351 e. The van der Waals surface area contributed by atoms with Crippen molar-refractivity contribution in [3.05, 3.63) is 24.0 Å². The Bertz CT molecular complexity index is 468. The minimum absolute atomic E-state index is 0.0479. The lowest BCUT2D eigenvalue weighted by Crippen LogP contribution is -2.58. The Kier molecular flexibility index (Phi) is 2.60. The van der Waals surface area contributed by atoms with Crippen molar-refractivity contribution < 1.29 is 9.18 Å². The molecule has 1 amide bonds. The van der Waals surface area contributed by atoms with Crippen LogP contribution in [0.2, 0.25) is 0 Å². The van der Waals surface area contributed by atoms with Crippen molar-refractivity contribution in [2.75, 3.05) is 10.2 Å².